The van der Waals surface area contributed by atoms with E-state index in [4.69, 9.17) is 10.5 Å². The van der Waals surface area contributed by atoms with E-state index in [1.807, 2.05) is 6.07 Å². The first-order valence-electron chi connectivity index (χ1n) is 11.6. The molecule has 188 valence electrons. The number of halogens is 1. The highest BCUT2D eigenvalue weighted by molar-refractivity contribution is 5.94. The molecular formula is C27H24FN5O4. The van der Waals surface area contributed by atoms with Crippen LogP contribution in [0.2, 0.25) is 0 Å². The maximum atomic E-state index is 13.6. The number of pyridine rings is 1. The number of para-hydroxylation sites is 2. The fraction of sp³-hybridized carbons (Fsp3) is 0.222. The molecule has 4 aromatic rings. The Balaban J connectivity index is 1.49. The van der Waals surface area contributed by atoms with Gasteiger partial charge in [0.1, 0.15) is 40.6 Å². The number of rotatable bonds is 6. The minimum Gasteiger partial charge on any atom is -0.489 e. The summed E-state index contributed by atoms with van der Waals surface area (Å²) in [5.41, 5.74) is 5.67. The van der Waals surface area contributed by atoms with E-state index in [2.05, 4.69) is 20.3 Å². The van der Waals surface area contributed by atoms with Crippen LogP contribution < -0.4 is 15.8 Å². The molecule has 4 N–H and O–H groups in total. The number of nitrogens with one attached hydrogen (secondary N) is 1. The standard InChI is InChI=1S/C27H24FN5O4/c1-26(25(29)35)14-37-23-17(26)11-21(33-22(23)15-7-9-16(28)10-8-15)27(2,36)13-31-24(34)20-12-30-18-5-3-4-6-19(18)32-20/h3-12,36H,13-14H2,1-2H3,(H2,29,35)(H,31,34)/t26-,27-/m0/s1. The van der Waals surface area contributed by atoms with Gasteiger partial charge in [0.15, 0.2) is 0 Å². The largest absolute Gasteiger partial charge is 0.489 e. The number of carbonyl (C=O) groups is 2. The lowest BCUT2D eigenvalue weighted by molar-refractivity contribution is -0.123. The van der Waals surface area contributed by atoms with E-state index in [-0.39, 0.29) is 24.5 Å². The zero-order valence-corrected chi connectivity index (χ0v) is 20.2. The van der Waals surface area contributed by atoms with Gasteiger partial charge in [-0.15, -0.1) is 0 Å². The Kier molecular flexibility index (Phi) is 5.83. The Hall–Kier alpha value is -4.44. The van der Waals surface area contributed by atoms with Crippen molar-refractivity contribution < 1.29 is 23.8 Å². The van der Waals surface area contributed by atoms with Gasteiger partial charge in [-0.05, 0) is 56.3 Å². The van der Waals surface area contributed by atoms with E-state index in [0.29, 0.717) is 33.6 Å². The zero-order valence-electron chi connectivity index (χ0n) is 20.2. The molecule has 1 aliphatic heterocycles. The van der Waals surface area contributed by atoms with E-state index in [9.17, 15) is 19.1 Å². The fourth-order valence-corrected chi connectivity index (χ4v) is 4.17. The molecule has 0 fully saturated rings. The molecule has 0 bridgehead atoms. The lowest BCUT2D eigenvalue weighted by atomic mass is 9.82. The third kappa shape index (κ3) is 4.36. The van der Waals surface area contributed by atoms with E-state index >= 15 is 0 Å². The molecule has 9 nitrogen and oxygen atoms in total. The highest BCUT2D eigenvalue weighted by Gasteiger charge is 2.45. The van der Waals surface area contributed by atoms with E-state index in [1.165, 1.54) is 37.4 Å². The molecule has 2 atom stereocenters. The van der Waals surface area contributed by atoms with Crippen LogP contribution in [0.5, 0.6) is 5.75 Å². The highest BCUT2D eigenvalue weighted by Crippen LogP contribution is 2.45. The summed E-state index contributed by atoms with van der Waals surface area (Å²) >= 11 is 0. The van der Waals surface area contributed by atoms with Gasteiger partial charge in [0.25, 0.3) is 5.91 Å². The first kappa shape index (κ1) is 24.3. The van der Waals surface area contributed by atoms with Gasteiger partial charge in [0.2, 0.25) is 5.91 Å². The maximum absolute atomic E-state index is 13.6. The van der Waals surface area contributed by atoms with Crippen LogP contribution in [-0.4, -0.2) is 45.0 Å². The number of hydrogen-bond acceptors (Lipinski definition) is 7. The van der Waals surface area contributed by atoms with Crippen LogP contribution >= 0.6 is 0 Å². The number of primary amides is 1. The number of hydrogen-bond donors (Lipinski definition) is 3. The summed E-state index contributed by atoms with van der Waals surface area (Å²) in [5, 5.41) is 14.1. The van der Waals surface area contributed by atoms with E-state index in [1.54, 1.807) is 31.2 Å². The van der Waals surface area contributed by atoms with Gasteiger partial charge in [-0.25, -0.2) is 14.4 Å². The van der Waals surface area contributed by atoms with Gasteiger partial charge in [0.05, 0.1) is 29.5 Å². The lowest BCUT2D eigenvalue weighted by Gasteiger charge is -2.26. The van der Waals surface area contributed by atoms with Gasteiger partial charge in [-0.2, -0.15) is 0 Å². The number of carbonyl (C=O) groups excluding carboxylic acids is 2. The van der Waals surface area contributed by atoms with Gasteiger partial charge < -0.3 is 20.9 Å². The second-order valence-corrected chi connectivity index (χ2v) is 9.43. The number of amides is 2. The minimum atomic E-state index is -1.66. The van der Waals surface area contributed by atoms with Crippen LogP contribution in [0.4, 0.5) is 4.39 Å². The van der Waals surface area contributed by atoms with Crippen molar-refractivity contribution in [3.05, 3.63) is 83.6 Å². The summed E-state index contributed by atoms with van der Waals surface area (Å²) < 4.78 is 19.4. The Morgan fingerprint density at radius 2 is 1.86 bits per heavy atom. The van der Waals surface area contributed by atoms with Crippen LogP contribution in [0.25, 0.3) is 22.3 Å². The fourth-order valence-electron chi connectivity index (χ4n) is 4.17. The summed E-state index contributed by atoms with van der Waals surface area (Å²) in [5.74, 6) is -1.21. The number of fused-ring (bicyclic) bond motifs is 2. The second-order valence-electron chi connectivity index (χ2n) is 9.43. The van der Waals surface area contributed by atoms with Gasteiger partial charge >= 0.3 is 0 Å². The monoisotopic (exact) mass is 501 g/mol. The molecule has 0 unspecified atom stereocenters. The molecule has 0 radical (unpaired) electrons. The second kappa shape index (κ2) is 8.90. The third-order valence-electron chi connectivity index (χ3n) is 6.56. The molecule has 0 saturated heterocycles. The number of nitrogens with zero attached hydrogens (tertiary/aromatic N) is 3. The normalized spacial score (nSPS) is 18.1. The van der Waals surface area contributed by atoms with Crippen molar-refractivity contribution >= 4 is 22.8 Å². The molecule has 0 aliphatic carbocycles. The number of ether oxygens (including phenoxy) is 1. The molecule has 5 rings (SSSR count). The van der Waals surface area contributed by atoms with Crippen LogP contribution in [0.1, 0.15) is 35.6 Å². The molecule has 37 heavy (non-hydrogen) atoms. The van der Waals surface area contributed by atoms with E-state index in [0.717, 1.165) is 0 Å². The van der Waals surface area contributed by atoms with Crippen molar-refractivity contribution in [2.45, 2.75) is 24.9 Å². The molecule has 10 heteroatoms. The molecule has 2 amide bonds. The van der Waals surface area contributed by atoms with Crippen LogP contribution in [0, 0.1) is 5.82 Å². The topological polar surface area (TPSA) is 140 Å². The minimum absolute atomic E-state index is 0.00347. The summed E-state index contributed by atoms with van der Waals surface area (Å²) in [6.07, 6.45) is 1.36. The number of aliphatic hydroxyl groups is 1. The van der Waals surface area contributed by atoms with Crippen LogP contribution in [0.3, 0.4) is 0 Å². The van der Waals surface area contributed by atoms with E-state index < -0.39 is 28.6 Å². The first-order valence-corrected chi connectivity index (χ1v) is 11.6. The van der Waals surface area contributed by atoms with Gasteiger partial charge in [0, 0.05) is 11.1 Å². The molecule has 0 spiro atoms. The lowest BCUT2D eigenvalue weighted by Crippen LogP contribution is -2.41. The molecule has 2 aromatic carbocycles. The van der Waals surface area contributed by atoms with Gasteiger partial charge in [-0.1, -0.05) is 12.1 Å². The number of nitrogens with two attached hydrogens (primary N) is 1. The summed E-state index contributed by atoms with van der Waals surface area (Å²) in [4.78, 5) is 38.3. The van der Waals surface area contributed by atoms with Crippen molar-refractivity contribution in [2.75, 3.05) is 13.2 Å². The Bertz CT molecular complexity index is 1540. The molecule has 2 aromatic heterocycles. The van der Waals surface area contributed by atoms with Crippen LogP contribution in [-0.2, 0) is 15.8 Å². The first-order chi connectivity index (χ1) is 17.6. The molecule has 0 saturated carbocycles. The van der Waals surface area contributed by atoms with Gasteiger partial charge in [-0.3, -0.25) is 14.6 Å². The Morgan fingerprint density at radius 3 is 2.57 bits per heavy atom. The Morgan fingerprint density at radius 1 is 1.16 bits per heavy atom. The van der Waals surface area contributed by atoms with Crippen molar-refractivity contribution in [2.24, 2.45) is 5.73 Å². The average molecular weight is 502 g/mol. The summed E-state index contributed by atoms with van der Waals surface area (Å²) in [7, 11) is 0. The van der Waals surface area contributed by atoms with Crippen molar-refractivity contribution in [1.29, 1.82) is 0 Å². The SMILES string of the molecule is C[C@](O)(CNC(=O)c1cnc2ccccc2n1)c1cc2c(c(-c3ccc(F)cc3)n1)OC[C@]2(C)C(N)=O. The quantitative estimate of drug-likeness (QED) is 0.369. The predicted molar refractivity (Wildman–Crippen MR) is 133 cm³/mol. The van der Waals surface area contributed by atoms with Crippen molar-refractivity contribution in [1.82, 2.24) is 20.3 Å². The number of aromatic nitrogens is 3. The van der Waals surface area contributed by atoms with Crippen molar-refractivity contribution in [3.63, 3.8) is 0 Å². The zero-order chi connectivity index (χ0) is 26.4. The highest BCUT2D eigenvalue weighted by atomic mass is 19.1. The van der Waals surface area contributed by atoms with Crippen molar-refractivity contribution in [3.8, 4) is 17.0 Å². The molecule has 3 heterocycles. The smallest absolute Gasteiger partial charge is 0.271 e. The summed E-state index contributed by atoms with van der Waals surface area (Å²) in [6.45, 7) is 2.91. The van der Waals surface area contributed by atoms with Crippen LogP contribution in [0.15, 0.2) is 60.8 Å². The molecule has 1 aliphatic rings. The predicted octanol–water partition coefficient (Wildman–Crippen LogP) is 2.60. The Labute approximate surface area is 211 Å². The third-order valence-corrected chi connectivity index (χ3v) is 6.56. The molecular weight excluding hydrogens is 477 g/mol. The maximum Gasteiger partial charge on any atom is 0.271 e. The average Bonchev–Trinajstić information content (AvgIpc) is 3.25. The summed E-state index contributed by atoms with van der Waals surface area (Å²) in [6, 6.07) is 14.3. The number of benzene rings is 2.